The van der Waals surface area contributed by atoms with Crippen LogP contribution >= 0.6 is 0 Å². The van der Waals surface area contributed by atoms with Gasteiger partial charge in [-0.2, -0.15) is 0 Å². The van der Waals surface area contributed by atoms with Gasteiger partial charge in [0.15, 0.2) is 0 Å². The summed E-state index contributed by atoms with van der Waals surface area (Å²) in [5.74, 6) is 0. The van der Waals surface area contributed by atoms with E-state index in [9.17, 15) is 0 Å². The summed E-state index contributed by atoms with van der Waals surface area (Å²) >= 11 is 1.60. The van der Waals surface area contributed by atoms with Gasteiger partial charge in [0, 0.05) is 0 Å². The predicted molar refractivity (Wildman–Crippen MR) is 58.5 cm³/mol. The Hall–Kier alpha value is -0.372. The molecule has 2 heterocycles. The molecule has 1 aromatic heterocycles. The minimum atomic E-state index is 0.866. The zero-order valence-corrected chi connectivity index (χ0v) is 10.6. The molecule has 1 aliphatic heterocycles. The number of rotatable bonds is 2. The molecule has 1 unspecified atom stereocenters. The molecule has 1 aliphatic rings. The molecule has 1 saturated heterocycles. The van der Waals surface area contributed by atoms with Gasteiger partial charge in [0.2, 0.25) is 0 Å². The second kappa shape index (κ2) is 4.92. The molecule has 1 aromatic rings. The summed E-state index contributed by atoms with van der Waals surface area (Å²) in [5.41, 5.74) is 1.36. The molecule has 76 valence electrons. The van der Waals surface area contributed by atoms with Crippen molar-refractivity contribution < 1.29 is 4.74 Å². The van der Waals surface area contributed by atoms with Gasteiger partial charge in [0.25, 0.3) is 0 Å². The van der Waals surface area contributed by atoms with Gasteiger partial charge in [-0.3, -0.25) is 0 Å². The zero-order chi connectivity index (χ0) is 9.80. The van der Waals surface area contributed by atoms with E-state index in [1.807, 2.05) is 12.3 Å². The van der Waals surface area contributed by atoms with Crippen LogP contribution in [0, 0.1) is 0 Å². The Bertz CT molecular complexity index is 300. The Morgan fingerprint density at radius 1 is 1.43 bits per heavy atom. The number of hydrogen-bond acceptors (Lipinski definition) is 3. The van der Waals surface area contributed by atoms with Crippen molar-refractivity contribution in [1.82, 2.24) is 9.88 Å². The second-order valence-corrected chi connectivity index (χ2v) is 4.58. The number of nitrogens with zero attached hydrogens (tertiary/aromatic N) is 2. The van der Waals surface area contributed by atoms with Crippen LogP contribution in [0.5, 0.6) is 0 Å². The Labute approximate surface area is 93.0 Å². The molecule has 14 heavy (non-hydrogen) atoms. The molecular formula is C10H15AsN2O. The van der Waals surface area contributed by atoms with E-state index >= 15 is 0 Å². The first kappa shape index (κ1) is 10.2. The average molecular weight is 254 g/mol. The zero-order valence-electron chi connectivity index (χ0n) is 8.15. The summed E-state index contributed by atoms with van der Waals surface area (Å²) in [6, 6.07) is 4.18. The van der Waals surface area contributed by atoms with Crippen molar-refractivity contribution in [1.29, 1.82) is 0 Å². The van der Waals surface area contributed by atoms with Crippen molar-refractivity contribution in [3.8, 4) is 0 Å². The molecule has 0 saturated carbocycles. The van der Waals surface area contributed by atoms with E-state index in [2.05, 4.69) is 16.0 Å². The summed E-state index contributed by atoms with van der Waals surface area (Å²) in [5, 5.41) is 0. The third kappa shape index (κ3) is 2.57. The normalized spacial score (nSPS) is 18.4. The van der Waals surface area contributed by atoms with E-state index in [4.69, 9.17) is 4.74 Å². The first-order valence-electron chi connectivity index (χ1n) is 4.86. The van der Waals surface area contributed by atoms with Crippen molar-refractivity contribution in [2.75, 3.05) is 26.3 Å². The van der Waals surface area contributed by atoms with Crippen LogP contribution in [0.1, 0.15) is 5.56 Å². The maximum absolute atomic E-state index is 5.31. The molecule has 0 amide bonds. The van der Waals surface area contributed by atoms with Crippen molar-refractivity contribution in [3.63, 3.8) is 0 Å². The van der Waals surface area contributed by atoms with Gasteiger partial charge in [0.1, 0.15) is 0 Å². The van der Waals surface area contributed by atoms with Gasteiger partial charge in [-0.25, -0.2) is 0 Å². The molecule has 0 aliphatic carbocycles. The predicted octanol–water partition coefficient (Wildman–Crippen LogP) is -0.828. The number of hydrogen-bond donors (Lipinski definition) is 0. The number of morpholine rings is 1. The van der Waals surface area contributed by atoms with E-state index in [1.165, 1.54) is 10.0 Å². The topological polar surface area (TPSA) is 25.4 Å². The van der Waals surface area contributed by atoms with Crippen LogP contribution in [-0.4, -0.2) is 53.0 Å². The SMILES string of the molecule is [AsH2]c1ncccc1CN1CCOCC1. The van der Waals surface area contributed by atoms with Gasteiger partial charge in [0.05, 0.1) is 0 Å². The van der Waals surface area contributed by atoms with Crippen LogP contribution in [0.3, 0.4) is 0 Å². The van der Waals surface area contributed by atoms with Crippen molar-refractivity contribution in [3.05, 3.63) is 23.9 Å². The molecule has 0 N–H and O–H groups in total. The Morgan fingerprint density at radius 2 is 2.21 bits per heavy atom. The van der Waals surface area contributed by atoms with Crippen LogP contribution in [0.4, 0.5) is 0 Å². The third-order valence-electron chi connectivity index (χ3n) is 2.42. The number of pyridine rings is 1. The van der Waals surface area contributed by atoms with Crippen molar-refractivity contribution in [2.45, 2.75) is 6.54 Å². The van der Waals surface area contributed by atoms with Gasteiger partial charge in [-0.15, -0.1) is 0 Å². The summed E-state index contributed by atoms with van der Waals surface area (Å²) in [6.45, 7) is 4.84. The van der Waals surface area contributed by atoms with Gasteiger partial charge in [-0.1, -0.05) is 0 Å². The Kier molecular flexibility index (Phi) is 3.57. The van der Waals surface area contributed by atoms with Crippen LogP contribution in [0.2, 0.25) is 0 Å². The first-order valence-corrected chi connectivity index (χ1v) is 6.07. The Balaban J connectivity index is 1.99. The van der Waals surface area contributed by atoms with Crippen LogP contribution < -0.4 is 4.48 Å². The van der Waals surface area contributed by atoms with Crippen LogP contribution in [0.15, 0.2) is 18.3 Å². The molecule has 4 heteroatoms. The molecule has 2 rings (SSSR count). The van der Waals surface area contributed by atoms with Crippen LogP contribution in [-0.2, 0) is 11.3 Å². The quantitative estimate of drug-likeness (QED) is 0.644. The van der Waals surface area contributed by atoms with E-state index in [1.54, 1.807) is 16.9 Å². The standard InChI is InChI=1S/C10H15AsN2O/c11-10-9(2-1-3-12-10)8-13-4-6-14-7-5-13/h1-3H,4-8,11H2. The van der Waals surface area contributed by atoms with Gasteiger partial charge < -0.3 is 0 Å². The van der Waals surface area contributed by atoms with E-state index in [0.29, 0.717) is 0 Å². The van der Waals surface area contributed by atoms with E-state index < -0.39 is 0 Å². The third-order valence-corrected chi connectivity index (χ3v) is 3.51. The molecule has 1 fully saturated rings. The summed E-state index contributed by atoms with van der Waals surface area (Å²) in [7, 11) is 0. The molecule has 3 nitrogen and oxygen atoms in total. The monoisotopic (exact) mass is 254 g/mol. The Morgan fingerprint density at radius 3 is 2.93 bits per heavy atom. The van der Waals surface area contributed by atoms with Gasteiger partial charge >= 0.3 is 92.7 Å². The van der Waals surface area contributed by atoms with E-state index in [0.717, 1.165) is 32.8 Å². The molecule has 0 aromatic carbocycles. The van der Waals surface area contributed by atoms with Crippen LogP contribution in [0.25, 0.3) is 0 Å². The fourth-order valence-electron chi connectivity index (χ4n) is 1.58. The average Bonchev–Trinajstić information content (AvgIpc) is 2.23. The number of aromatic nitrogens is 1. The first-order chi connectivity index (χ1) is 6.86. The summed E-state index contributed by atoms with van der Waals surface area (Å²) in [6.07, 6.45) is 1.86. The number of ether oxygens (including phenoxy) is 1. The summed E-state index contributed by atoms with van der Waals surface area (Å²) in [4.78, 5) is 6.73. The van der Waals surface area contributed by atoms with E-state index in [-0.39, 0.29) is 0 Å². The summed E-state index contributed by atoms with van der Waals surface area (Å²) < 4.78 is 6.51. The molecular weight excluding hydrogens is 239 g/mol. The molecule has 0 spiro atoms. The minimum absolute atomic E-state index is 0.866. The molecule has 0 bridgehead atoms. The molecule has 1 atom stereocenters. The fraction of sp³-hybridized carbons (Fsp3) is 0.500. The second-order valence-electron chi connectivity index (χ2n) is 3.44. The van der Waals surface area contributed by atoms with Crippen molar-refractivity contribution in [2.24, 2.45) is 0 Å². The molecule has 0 radical (unpaired) electrons. The van der Waals surface area contributed by atoms with Gasteiger partial charge in [-0.05, 0) is 0 Å². The maximum atomic E-state index is 5.31. The fourth-order valence-corrected chi connectivity index (χ4v) is 2.16. The van der Waals surface area contributed by atoms with Crippen molar-refractivity contribution >= 4 is 21.3 Å².